The van der Waals surface area contributed by atoms with Crippen LogP contribution in [0.2, 0.25) is 0 Å². The van der Waals surface area contributed by atoms with Gasteiger partial charge in [-0.3, -0.25) is 4.79 Å². The Morgan fingerprint density at radius 1 is 1.05 bits per heavy atom. The van der Waals surface area contributed by atoms with Crippen LogP contribution < -0.4 is 4.72 Å². The number of ether oxygens (including phenoxy) is 1. The van der Waals surface area contributed by atoms with Gasteiger partial charge in [0, 0.05) is 29.5 Å². The van der Waals surface area contributed by atoms with Crippen molar-refractivity contribution in [2.24, 2.45) is 11.8 Å². The second kappa shape index (κ2) is 10.2. The van der Waals surface area contributed by atoms with E-state index in [2.05, 4.69) is 29.6 Å². The third-order valence-electron chi connectivity index (χ3n) is 5.78. The summed E-state index contributed by atoms with van der Waals surface area (Å²) in [5.74, 6) is -0.368. The molecule has 0 aliphatic rings. The predicted molar refractivity (Wildman–Crippen MR) is 148 cm³/mol. The highest BCUT2D eigenvalue weighted by atomic mass is 32.2. The van der Waals surface area contributed by atoms with E-state index in [1.165, 1.54) is 12.1 Å². The van der Waals surface area contributed by atoms with E-state index in [-0.39, 0.29) is 10.8 Å². The van der Waals surface area contributed by atoms with Gasteiger partial charge in [-0.25, -0.2) is 13.4 Å². The summed E-state index contributed by atoms with van der Waals surface area (Å²) in [7, 11) is -4.01. The van der Waals surface area contributed by atoms with Crippen LogP contribution >= 0.6 is 11.3 Å². The molecule has 2 aromatic heterocycles. The summed E-state index contributed by atoms with van der Waals surface area (Å²) in [5, 5.41) is 2.82. The smallest absolute Gasteiger partial charge is 0.324 e. The van der Waals surface area contributed by atoms with E-state index >= 15 is 0 Å². The van der Waals surface area contributed by atoms with Crippen molar-refractivity contribution in [3.8, 4) is 10.4 Å². The minimum atomic E-state index is -4.01. The number of esters is 1. The van der Waals surface area contributed by atoms with Gasteiger partial charge in [0.05, 0.1) is 14.8 Å². The van der Waals surface area contributed by atoms with Crippen molar-refractivity contribution in [1.82, 2.24) is 9.71 Å². The fourth-order valence-corrected chi connectivity index (χ4v) is 6.50. The van der Waals surface area contributed by atoms with Crippen molar-refractivity contribution < 1.29 is 22.4 Å². The Bertz CT molecular complexity index is 1540. The number of nitrogens with one attached hydrogen (secondary N) is 1. The zero-order valence-corrected chi connectivity index (χ0v) is 23.9. The summed E-state index contributed by atoms with van der Waals surface area (Å²) < 4.78 is 40.4. The Kier molecular flexibility index (Phi) is 7.52. The number of aromatic nitrogens is 1. The van der Waals surface area contributed by atoms with Crippen LogP contribution in [0.3, 0.4) is 0 Å². The first-order chi connectivity index (χ1) is 17.2. The van der Waals surface area contributed by atoms with Crippen LogP contribution in [0.1, 0.15) is 53.5 Å². The van der Waals surface area contributed by atoms with Crippen molar-refractivity contribution in [2.75, 3.05) is 0 Å². The van der Waals surface area contributed by atoms with Gasteiger partial charge in [-0.1, -0.05) is 27.7 Å². The Hall–Kier alpha value is -2.75. The molecule has 0 amide bonds. The van der Waals surface area contributed by atoms with Gasteiger partial charge < -0.3 is 9.15 Å². The lowest BCUT2D eigenvalue weighted by Crippen LogP contribution is -2.47. The van der Waals surface area contributed by atoms with Crippen molar-refractivity contribution in [3.05, 3.63) is 47.6 Å². The lowest BCUT2D eigenvalue weighted by molar-refractivity contribution is -0.158. The average molecular weight is 543 g/mol. The van der Waals surface area contributed by atoms with Gasteiger partial charge in [-0.2, -0.15) is 4.72 Å². The molecule has 1 N–H and O–H groups in total. The van der Waals surface area contributed by atoms with E-state index in [1.54, 1.807) is 52.0 Å². The molecule has 0 aliphatic heterocycles. The first-order valence-corrected chi connectivity index (χ1v) is 14.7. The van der Waals surface area contributed by atoms with Gasteiger partial charge in [0.15, 0.2) is 0 Å². The molecule has 0 spiro atoms. The summed E-state index contributed by atoms with van der Waals surface area (Å²) in [5.41, 5.74) is 1.44. The number of nitrogens with zero attached hydrogens (tertiary/aromatic N) is 1. The van der Waals surface area contributed by atoms with Crippen molar-refractivity contribution in [3.63, 3.8) is 0 Å². The van der Waals surface area contributed by atoms with Crippen LogP contribution in [-0.4, -0.2) is 31.0 Å². The zero-order valence-electron chi connectivity index (χ0n) is 22.3. The highest BCUT2D eigenvalue weighted by molar-refractivity contribution is 7.89. The second-order valence-electron chi connectivity index (χ2n) is 11.1. The Morgan fingerprint density at radius 3 is 2.43 bits per heavy atom. The first kappa shape index (κ1) is 27.3. The SMILES string of the molecule is CC(C)Cc1ncc(-c2ccc3oc4cc(S(=O)(=O)NC(C(=O)OC(C)(C)C)C(C)C)ccc4c3c2)s1. The van der Waals surface area contributed by atoms with Crippen LogP contribution in [0.5, 0.6) is 0 Å². The van der Waals surface area contributed by atoms with Crippen molar-refractivity contribution in [2.45, 2.75) is 71.4 Å². The number of fused-ring (bicyclic) bond motifs is 3. The number of rotatable bonds is 8. The number of sulfonamides is 1. The minimum absolute atomic E-state index is 0.0225. The van der Waals surface area contributed by atoms with Crippen LogP contribution in [-0.2, 0) is 26.0 Å². The Balaban J connectivity index is 1.65. The number of thiazole rings is 1. The number of hydrogen-bond donors (Lipinski definition) is 1. The lowest BCUT2D eigenvalue weighted by Gasteiger charge is -2.26. The molecule has 1 unspecified atom stereocenters. The van der Waals surface area contributed by atoms with Gasteiger partial charge in [-0.15, -0.1) is 11.3 Å². The largest absolute Gasteiger partial charge is 0.459 e. The van der Waals surface area contributed by atoms with Gasteiger partial charge in [-0.05, 0) is 68.5 Å². The van der Waals surface area contributed by atoms with Crippen LogP contribution in [0, 0.1) is 11.8 Å². The van der Waals surface area contributed by atoms with E-state index in [4.69, 9.17) is 9.15 Å². The van der Waals surface area contributed by atoms with Crippen LogP contribution in [0.4, 0.5) is 0 Å². The van der Waals surface area contributed by atoms with Gasteiger partial charge in [0.2, 0.25) is 10.0 Å². The Labute approximate surface area is 222 Å². The molecule has 0 saturated heterocycles. The molecule has 37 heavy (non-hydrogen) atoms. The summed E-state index contributed by atoms with van der Waals surface area (Å²) in [6, 6.07) is 9.70. The third-order valence-corrected chi connectivity index (χ3v) is 8.29. The predicted octanol–water partition coefficient (Wildman–Crippen LogP) is 6.55. The zero-order chi connectivity index (χ0) is 27.1. The normalized spacial score (nSPS) is 13.6. The maximum Gasteiger partial charge on any atom is 0.324 e. The molecule has 1 atom stereocenters. The molecule has 9 heteroatoms. The molecule has 0 fully saturated rings. The number of hydrogen-bond acceptors (Lipinski definition) is 7. The number of furan rings is 1. The third kappa shape index (κ3) is 6.22. The van der Waals surface area contributed by atoms with Crippen LogP contribution in [0.25, 0.3) is 32.4 Å². The maximum atomic E-state index is 13.2. The molecular formula is C28H34N2O5S2. The molecule has 198 valence electrons. The van der Waals surface area contributed by atoms with Gasteiger partial charge in [0.1, 0.15) is 22.8 Å². The molecule has 7 nitrogen and oxygen atoms in total. The Morgan fingerprint density at radius 2 is 1.78 bits per heavy atom. The number of benzene rings is 2. The topological polar surface area (TPSA) is 98.5 Å². The molecule has 0 bridgehead atoms. The molecular weight excluding hydrogens is 508 g/mol. The lowest BCUT2D eigenvalue weighted by atomic mass is 10.1. The summed E-state index contributed by atoms with van der Waals surface area (Å²) in [4.78, 5) is 18.3. The molecule has 4 aromatic rings. The molecule has 2 aromatic carbocycles. The molecule has 2 heterocycles. The highest BCUT2D eigenvalue weighted by Crippen LogP contribution is 2.35. The maximum absolute atomic E-state index is 13.2. The summed E-state index contributed by atoms with van der Waals surface area (Å²) >= 11 is 1.68. The number of carbonyl (C=O) groups excluding carboxylic acids is 1. The van der Waals surface area contributed by atoms with E-state index in [0.717, 1.165) is 32.6 Å². The van der Waals surface area contributed by atoms with Crippen molar-refractivity contribution >= 4 is 49.3 Å². The minimum Gasteiger partial charge on any atom is -0.459 e. The monoisotopic (exact) mass is 542 g/mol. The fraction of sp³-hybridized carbons (Fsp3) is 0.429. The fourth-order valence-electron chi connectivity index (χ4n) is 4.02. The van der Waals surface area contributed by atoms with Crippen molar-refractivity contribution in [1.29, 1.82) is 0 Å². The molecule has 0 saturated carbocycles. The van der Waals surface area contributed by atoms with Gasteiger partial charge >= 0.3 is 5.97 Å². The van der Waals surface area contributed by atoms with E-state index in [1.807, 2.05) is 18.3 Å². The molecule has 0 aliphatic carbocycles. The second-order valence-corrected chi connectivity index (χ2v) is 13.9. The molecule has 0 radical (unpaired) electrons. The van der Waals surface area contributed by atoms with E-state index in [0.29, 0.717) is 17.1 Å². The highest BCUT2D eigenvalue weighted by Gasteiger charge is 2.32. The summed E-state index contributed by atoms with van der Waals surface area (Å²) in [6.07, 6.45) is 2.84. The standard InChI is InChI=1S/C28H34N2O5S2/c1-16(2)12-25-29-15-24(36-25)18-8-11-22-21(13-18)20-10-9-19(14-23(20)34-22)37(32,33)30-26(17(3)4)27(31)35-28(5,6)7/h8-11,13-17,26,30H,12H2,1-7H3. The molecule has 4 rings (SSSR count). The quantitative estimate of drug-likeness (QED) is 0.253. The first-order valence-electron chi connectivity index (χ1n) is 12.4. The van der Waals surface area contributed by atoms with E-state index in [9.17, 15) is 13.2 Å². The van der Waals surface area contributed by atoms with E-state index < -0.39 is 27.6 Å². The van der Waals surface area contributed by atoms with Crippen LogP contribution in [0.15, 0.2) is 51.9 Å². The average Bonchev–Trinajstić information content (AvgIpc) is 3.39. The number of carbonyl (C=O) groups is 1. The summed E-state index contributed by atoms with van der Waals surface area (Å²) in [6.45, 7) is 13.1. The van der Waals surface area contributed by atoms with Gasteiger partial charge in [0.25, 0.3) is 0 Å².